The van der Waals surface area contributed by atoms with Crippen LogP contribution in [0.3, 0.4) is 0 Å². The molecule has 0 bridgehead atoms. The molecule has 0 aliphatic carbocycles. The van der Waals surface area contributed by atoms with Gasteiger partial charge in [-0.2, -0.15) is 0 Å². The summed E-state index contributed by atoms with van der Waals surface area (Å²) in [5, 5.41) is 5.99. The molecule has 2 aromatic carbocycles. The Labute approximate surface area is 129 Å². The van der Waals surface area contributed by atoms with Crippen LogP contribution >= 0.6 is 11.6 Å². The zero-order valence-electron chi connectivity index (χ0n) is 11.7. The summed E-state index contributed by atoms with van der Waals surface area (Å²) < 4.78 is 5.36. The first kappa shape index (κ1) is 15.2. The van der Waals surface area contributed by atoms with Gasteiger partial charge in [-0.05, 0) is 36.8 Å². The van der Waals surface area contributed by atoms with Crippen molar-refractivity contribution in [1.82, 2.24) is 5.32 Å². The molecular weight excluding hydrogens is 288 g/mol. The predicted octanol–water partition coefficient (Wildman–Crippen LogP) is 4.06. The molecule has 0 heterocycles. The third-order valence-electron chi connectivity index (χ3n) is 2.81. The summed E-state index contributed by atoms with van der Waals surface area (Å²) in [6, 6.07) is 14.4. The molecule has 2 aromatic rings. The smallest absolute Gasteiger partial charge is 0.319 e. The first-order chi connectivity index (χ1) is 10.2. The molecule has 0 aromatic heterocycles. The van der Waals surface area contributed by atoms with Crippen LogP contribution in [0.15, 0.2) is 48.5 Å². The molecule has 21 heavy (non-hydrogen) atoms. The Kier molecular flexibility index (Phi) is 5.46. The van der Waals surface area contributed by atoms with Gasteiger partial charge in [0.1, 0.15) is 5.75 Å². The van der Waals surface area contributed by atoms with Gasteiger partial charge in [0.05, 0.1) is 17.3 Å². The molecule has 0 fully saturated rings. The van der Waals surface area contributed by atoms with Gasteiger partial charge in [0, 0.05) is 6.54 Å². The van der Waals surface area contributed by atoms with Crippen molar-refractivity contribution in [3.05, 3.63) is 59.1 Å². The van der Waals surface area contributed by atoms with Crippen molar-refractivity contribution in [2.24, 2.45) is 0 Å². The first-order valence-corrected chi connectivity index (χ1v) is 7.08. The van der Waals surface area contributed by atoms with Crippen LogP contribution in [0.1, 0.15) is 12.5 Å². The zero-order valence-corrected chi connectivity index (χ0v) is 12.5. The Balaban J connectivity index is 1.85. The highest BCUT2D eigenvalue weighted by Crippen LogP contribution is 2.20. The van der Waals surface area contributed by atoms with Gasteiger partial charge in [-0.1, -0.05) is 35.9 Å². The van der Waals surface area contributed by atoms with Crippen LogP contribution in [0.5, 0.6) is 5.75 Å². The highest BCUT2D eigenvalue weighted by Gasteiger charge is 2.04. The van der Waals surface area contributed by atoms with Gasteiger partial charge >= 0.3 is 6.03 Å². The Morgan fingerprint density at radius 3 is 2.52 bits per heavy atom. The molecule has 110 valence electrons. The van der Waals surface area contributed by atoms with Crippen molar-refractivity contribution < 1.29 is 9.53 Å². The number of amides is 2. The summed E-state index contributed by atoms with van der Waals surface area (Å²) in [6.07, 6.45) is 0. The van der Waals surface area contributed by atoms with Crippen molar-refractivity contribution in [2.75, 3.05) is 11.9 Å². The first-order valence-electron chi connectivity index (χ1n) is 6.70. The third-order valence-corrected chi connectivity index (χ3v) is 3.14. The average Bonchev–Trinajstić information content (AvgIpc) is 2.49. The van der Waals surface area contributed by atoms with Crippen LogP contribution in [0.2, 0.25) is 5.02 Å². The van der Waals surface area contributed by atoms with Crippen molar-refractivity contribution in [3.8, 4) is 5.75 Å². The average molecular weight is 305 g/mol. The van der Waals surface area contributed by atoms with E-state index in [0.29, 0.717) is 23.9 Å². The van der Waals surface area contributed by atoms with E-state index >= 15 is 0 Å². The second-order valence-corrected chi connectivity index (χ2v) is 4.77. The minimum absolute atomic E-state index is 0.294. The van der Waals surface area contributed by atoms with E-state index in [2.05, 4.69) is 10.6 Å². The highest BCUT2D eigenvalue weighted by atomic mass is 35.5. The number of rotatable bonds is 5. The Bertz CT molecular complexity index is 599. The predicted molar refractivity (Wildman–Crippen MR) is 84.9 cm³/mol. The number of halogens is 1. The van der Waals surface area contributed by atoms with Crippen LogP contribution in [-0.4, -0.2) is 12.6 Å². The van der Waals surface area contributed by atoms with Gasteiger partial charge in [-0.3, -0.25) is 0 Å². The molecular formula is C16H17ClN2O2. The number of ether oxygens (including phenoxy) is 1. The fraction of sp³-hybridized carbons (Fsp3) is 0.188. The zero-order chi connectivity index (χ0) is 15.1. The Hall–Kier alpha value is -2.20. The number of benzene rings is 2. The van der Waals surface area contributed by atoms with E-state index in [9.17, 15) is 4.79 Å². The molecule has 0 spiro atoms. The van der Waals surface area contributed by atoms with Crippen molar-refractivity contribution in [3.63, 3.8) is 0 Å². The van der Waals surface area contributed by atoms with Crippen LogP contribution in [-0.2, 0) is 6.54 Å². The molecule has 2 rings (SSSR count). The molecule has 0 aliphatic rings. The maximum atomic E-state index is 11.8. The van der Waals surface area contributed by atoms with E-state index in [1.54, 1.807) is 12.1 Å². The number of carbonyl (C=O) groups is 1. The van der Waals surface area contributed by atoms with Crippen molar-refractivity contribution in [1.29, 1.82) is 0 Å². The lowest BCUT2D eigenvalue weighted by Gasteiger charge is -2.09. The SMILES string of the molecule is CCOc1ccc(CNC(=O)Nc2ccccc2Cl)cc1. The number of hydrogen-bond acceptors (Lipinski definition) is 2. The Morgan fingerprint density at radius 2 is 1.86 bits per heavy atom. The largest absolute Gasteiger partial charge is 0.494 e. The third kappa shape index (κ3) is 4.68. The maximum absolute atomic E-state index is 11.8. The van der Waals surface area contributed by atoms with Gasteiger partial charge < -0.3 is 15.4 Å². The van der Waals surface area contributed by atoms with Crippen LogP contribution in [0.4, 0.5) is 10.5 Å². The van der Waals surface area contributed by atoms with E-state index in [4.69, 9.17) is 16.3 Å². The second-order valence-electron chi connectivity index (χ2n) is 4.36. The quantitative estimate of drug-likeness (QED) is 0.875. The standard InChI is InChI=1S/C16H17ClN2O2/c1-2-21-13-9-7-12(8-10-13)11-18-16(20)19-15-6-4-3-5-14(15)17/h3-10H,2,11H2,1H3,(H2,18,19,20). The molecule has 0 saturated carbocycles. The number of nitrogens with one attached hydrogen (secondary N) is 2. The minimum atomic E-state index is -0.294. The topological polar surface area (TPSA) is 50.4 Å². The van der Waals surface area contributed by atoms with Gasteiger partial charge in [0.15, 0.2) is 0 Å². The lowest BCUT2D eigenvalue weighted by atomic mass is 10.2. The van der Waals surface area contributed by atoms with Crippen molar-refractivity contribution in [2.45, 2.75) is 13.5 Å². The molecule has 5 heteroatoms. The van der Waals surface area contributed by atoms with E-state index in [1.807, 2.05) is 43.3 Å². The summed E-state index contributed by atoms with van der Waals surface area (Å²) in [5.41, 5.74) is 1.58. The molecule has 0 unspecified atom stereocenters. The fourth-order valence-corrected chi connectivity index (χ4v) is 1.96. The number of urea groups is 1. The molecule has 0 atom stereocenters. The van der Waals surface area contributed by atoms with Crippen LogP contribution < -0.4 is 15.4 Å². The van der Waals surface area contributed by atoms with E-state index in [0.717, 1.165) is 11.3 Å². The summed E-state index contributed by atoms with van der Waals surface area (Å²) in [7, 11) is 0. The number of carbonyl (C=O) groups excluding carboxylic acids is 1. The lowest BCUT2D eigenvalue weighted by Crippen LogP contribution is -2.28. The van der Waals surface area contributed by atoms with Gasteiger partial charge in [-0.25, -0.2) is 4.79 Å². The Morgan fingerprint density at radius 1 is 1.14 bits per heavy atom. The molecule has 4 nitrogen and oxygen atoms in total. The molecule has 2 N–H and O–H groups in total. The van der Waals surface area contributed by atoms with Gasteiger partial charge in [-0.15, -0.1) is 0 Å². The van der Waals surface area contributed by atoms with Crippen LogP contribution in [0.25, 0.3) is 0 Å². The minimum Gasteiger partial charge on any atom is -0.494 e. The van der Waals surface area contributed by atoms with E-state index < -0.39 is 0 Å². The fourth-order valence-electron chi connectivity index (χ4n) is 1.78. The maximum Gasteiger partial charge on any atom is 0.319 e. The second kappa shape index (κ2) is 7.55. The van der Waals surface area contributed by atoms with Gasteiger partial charge in [0.25, 0.3) is 0 Å². The van der Waals surface area contributed by atoms with Crippen molar-refractivity contribution >= 4 is 23.3 Å². The molecule has 0 radical (unpaired) electrons. The van der Waals surface area contributed by atoms with Crippen LogP contribution in [0, 0.1) is 0 Å². The molecule has 2 amide bonds. The monoisotopic (exact) mass is 304 g/mol. The summed E-state index contributed by atoms with van der Waals surface area (Å²) >= 11 is 5.98. The van der Waals surface area contributed by atoms with Gasteiger partial charge in [0.2, 0.25) is 0 Å². The molecule has 0 aliphatic heterocycles. The van der Waals surface area contributed by atoms with E-state index in [-0.39, 0.29) is 6.03 Å². The highest BCUT2D eigenvalue weighted by molar-refractivity contribution is 6.33. The summed E-state index contributed by atoms with van der Waals surface area (Å²) in [6.45, 7) is 3.01. The number of hydrogen-bond donors (Lipinski definition) is 2. The number of para-hydroxylation sites is 1. The lowest BCUT2D eigenvalue weighted by molar-refractivity contribution is 0.251. The summed E-state index contributed by atoms with van der Waals surface area (Å²) in [5.74, 6) is 0.821. The normalized spacial score (nSPS) is 10.0. The number of anilines is 1. The summed E-state index contributed by atoms with van der Waals surface area (Å²) in [4.78, 5) is 11.8. The molecule has 0 saturated heterocycles. The van der Waals surface area contributed by atoms with E-state index in [1.165, 1.54) is 0 Å².